The molecule has 0 radical (unpaired) electrons. The van der Waals surface area contributed by atoms with Gasteiger partial charge in [-0.15, -0.1) is 5.10 Å². The topological polar surface area (TPSA) is 64.3 Å². The maximum Gasteiger partial charge on any atom is 0.151 e. The smallest absolute Gasteiger partial charge is 0.151 e. The van der Waals surface area contributed by atoms with Crippen LogP contribution < -0.4 is 10.6 Å². The number of anilines is 1. The van der Waals surface area contributed by atoms with Crippen molar-refractivity contribution in [3.63, 3.8) is 0 Å². The van der Waals surface area contributed by atoms with Crippen LogP contribution in [-0.4, -0.2) is 42.5 Å². The van der Waals surface area contributed by atoms with Gasteiger partial charge in [-0.05, 0) is 31.9 Å². The zero-order chi connectivity index (χ0) is 12.1. The molecule has 0 amide bonds. The monoisotopic (exact) mass is 236 g/mol. The van der Waals surface area contributed by atoms with Gasteiger partial charge in [0.25, 0.3) is 0 Å². The first-order valence-electron chi connectivity index (χ1n) is 6.16. The quantitative estimate of drug-likeness (QED) is 0.835. The van der Waals surface area contributed by atoms with Gasteiger partial charge in [0, 0.05) is 19.6 Å². The van der Waals surface area contributed by atoms with Gasteiger partial charge in [0.05, 0.1) is 18.4 Å². The van der Waals surface area contributed by atoms with Gasteiger partial charge >= 0.3 is 0 Å². The second-order valence-corrected chi connectivity index (χ2v) is 4.38. The molecule has 1 aromatic rings. The normalized spacial score (nSPS) is 17.4. The number of rotatable bonds is 4. The van der Waals surface area contributed by atoms with Crippen molar-refractivity contribution >= 4 is 5.82 Å². The fourth-order valence-corrected chi connectivity index (χ4v) is 2.05. The van der Waals surface area contributed by atoms with Crippen molar-refractivity contribution in [3.8, 4) is 0 Å². The Labute approximate surface area is 102 Å². The van der Waals surface area contributed by atoms with Crippen LogP contribution >= 0.6 is 0 Å². The van der Waals surface area contributed by atoms with E-state index in [4.69, 9.17) is 10.5 Å². The minimum Gasteiger partial charge on any atom is -0.377 e. The molecule has 0 saturated carbocycles. The molecule has 0 aliphatic carbocycles. The van der Waals surface area contributed by atoms with Crippen molar-refractivity contribution < 1.29 is 4.74 Å². The lowest BCUT2D eigenvalue weighted by Crippen LogP contribution is -2.38. The molecule has 0 unspecified atom stereocenters. The number of aromatic nitrogens is 2. The second-order valence-electron chi connectivity index (χ2n) is 4.38. The Morgan fingerprint density at radius 3 is 2.71 bits per heavy atom. The minimum absolute atomic E-state index is 0.355. The van der Waals surface area contributed by atoms with Gasteiger partial charge in [-0.2, -0.15) is 5.10 Å². The predicted octanol–water partition coefficient (Wildman–Crippen LogP) is 0.729. The van der Waals surface area contributed by atoms with Crippen LogP contribution in [0.4, 0.5) is 5.82 Å². The summed E-state index contributed by atoms with van der Waals surface area (Å²) < 4.78 is 5.65. The van der Waals surface area contributed by atoms with Crippen LogP contribution in [-0.2, 0) is 4.74 Å². The number of hydrogen-bond donors (Lipinski definition) is 1. The third kappa shape index (κ3) is 3.38. The summed E-state index contributed by atoms with van der Waals surface area (Å²) in [6.45, 7) is 5.17. The molecule has 17 heavy (non-hydrogen) atoms. The summed E-state index contributed by atoms with van der Waals surface area (Å²) >= 11 is 0. The van der Waals surface area contributed by atoms with Crippen LogP contribution in [0, 0.1) is 6.92 Å². The number of nitrogens with zero attached hydrogens (tertiary/aromatic N) is 3. The Morgan fingerprint density at radius 2 is 2.12 bits per heavy atom. The van der Waals surface area contributed by atoms with E-state index in [0.717, 1.165) is 37.4 Å². The highest BCUT2D eigenvalue weighted by Crippen LogP contribution is 2.18. The summed E-state index contributed by atoms with van der Waals surface area (Å²) in [5, 5.41) is 8.29. The Kier molecular flexibility index (Phi) is 4.28. The maximum absolute atomic E-state index is 5.65. The lowest BCUT2D eigenvalue weighted by atomic mass is 10.1. The van der Waals surface area contributed by atoms with Crippen molar-refractivity contribution in [2.45, 2.75) is 25.9 Å². The highest BCUT2D eigenvalue weighted by atomic mass is 16.5. The molecule has 5 heteroatoms. The highest BCUT2D eigenvalue weighted by Gasteiger charge is 2.20. The molecule has 0 bridgehead atoms. The van der Waals surface area contributed by atoms with E-state index in [-0.39, 0.29) is 0 Å². The van der Waals surface area contributed by atoms with Gasteiger partial charge < -0.3 is 15.4 Å². The lowest BCUT2D eigenvalue weighted by Gasteiger charge is -2.32. The minimum atomic E-state index is 0.355. The van der Waals surface area contributed by atoms with E-state index >= 15 is 0 Å². The van der Waals surface area contributed by atoms with Gasteiger partial charge in [-0.1, -0.05) is 0 Å². The van der Waals surface area contributed by atoms with Gasteiger partial charge in [0.15, 0.2) is 5.82 Å². The Morgan fingerprint density at radius 1 is 1.35 bits per heavy atom. The van der Waals surface area contributed by atoms with Crippen LogP contribution in [0.2, 0.25) is 0 Å². The third-order valence-electron chi connectivity index (χ3n) is 3.02. The molecule has 0 spiro atoms. The Hall–Kier alpha value is -1.20. The summed E-state index contributed by atoms with van der Waals surface area (Å²) in [6, 6.07) is 4.03. The van der Waals surface area contributed by atoms with Crippen molar-refractivity contribution in [1.82, 2.24) is 10.2 Å². The summed E-state index contributed by atoms with van der Waals surface area (Å²) in [7, 11) is 0. The Bertz CT molecular complexity index is 333. The molecule has 1 aliphatic rings. The SMILES string of the molecule is Cc1ccc(N2CCC(OCCN)CC2)nn1. The molecule has 2 heterocycles. The van der Waals surface area contributed by atoms with E-state index in [1.807, 2.05) is 19.1 Å². The number of hydrogen-bond acceptors (Lipinski definition) is 5. The summed E-state index contributed by atoms with van der Waals surface area (Å²) in [5.74, 6) is 0.966. The first-order chi connectivity index (χ1) is 8.29. The third-order valence-corrected chi connectivity index (χ3v) is 3.02. The van der Waals surface area contributed by atoms with Crippen LogP contribution in [0.5, 0.6) is 0 Å². The van der Waals surface area contributed by atoms with E-state index in [2.05, 4.69) is 15.1 Å². The molecule has 1 aromatic heterocycles. The molecule has 2 rings (SSSR count). The number of piperidine rings is 1. The van der Waals surface area contributed by atoms with E-state index in [1.54, 1.807) is 0 Å². The molecule has 5 nitrogen and oxygen atoms in total. The van der Waals surface area contributed by atoms with Crippen molar-refractivity contribution in [2.24, 2.45) is 5.73 Å². The van der Waals surface area contributed by atoms with Crippen molar-refractivity contribution in [1.29, 1.82) is 0 Å². The summed E-state index contributed by atoms with van der Waals surface area (Å²) in [5.41, 5.74) is 6.38. The molecule has 0 atom stereocenters. The first-order valence-corrected chi connectivity index (χ1v) is 6.16. The zero-order valence-corrected chi connectivity index (χ0v) is 10.3. The molecule has 1 aliphatic heterocycles. The predicted molar refractivity (Wildman–Crippen MR) is 67.0 cm³/mol. The average Bonchev–Trinajstić information content (AvgIpc) is 2.38. The lowest BCUT2D eigenvalue weighted by molar-refractivity contribution is 0.0421. The van der Waals surface area contributed by atoms with Crippen LogP contribution in [0.3, 0.4) is 0 Å². The molecular weight excluding hydrogens is 216 g/mol. The molecule has 0 aromatic carbocycles. The maximum atomic E-state index is 5.65. The van der Waals surface area contributed by atoms with Gasteiger partial charge in [-0.3, -0.25) is 0 Å². The average molecular weight is 236 g/mol. The fourth-order valence-electron chi connectivity index (χ4n) is 2.05. The fraction of sp³-hybridized carbons (Fsp3) is 0.667. The number of nitrogens with two attached hydrogens (primary N) is 1. The van der Waals surface area contributed by atoms with Crippen LogP contribution in [0.25, 0.3) is 0 Å². The molecule has 1 fully saturated rings. The standard InChI is InChI=1S/C12H20N4O/c1-10-2-3-12(15-14-10)16-7-4-11(5-8-16)17-9-6-13/h2-3,11H,4-9,13H2,1H3. The summed E-state index contributed by atoms with van der Waals surface area (Å²) in [6.07, 6.45) is 2.43. The van der Waals surface area contributed by atoms with E-state index in [1.165, 1.54) is 0 Å². The summed E-state index contributed by atoms with van der Waals surface area (Å²) in [4.78, 5) is 2.26. The molecule has 2 N–H and O–H groups in total. The zero-order valence-electron chi connectivity index (χ0n) is 10.3. The van der Waals surface area contributed by atoms with Crippen LogP contribution in [0.15, 0.2) is 12.1 Å². The molecule has 94 valence electrons. The van der Waals surface area contributed by atoms with Gasteiger partial charge in [0.1, 0.15) is 0 Å². The Balaban J connectivity index is 1.84. The number of ether oxygens (including phenoxy) is 1. The van der Waals surface area contributed by atoms with E-state index < -0.39 is 0 Å². The highest BCUT2D eigenvalue weighted by molar-refractivity contribution is 5.37. The first kappa shape index (κ1) is 12.3. The molecular formula is C12H20N4O. The second kappa shape index (κ2) is 5.93. The van der Waals surface area contributed by atoms with Crippen molar-refractivity contribution in [3.05, 3.63) is 17.8 Å². The van der Waals surface area contributed by atoms with E-state index in [0.29, 0.717) is 19.3 Å². The van der Waals surface area contributed by atoms with E-state index in [9.17, 15) is 0 Å². The largest absolute Gasteiger partial charge is 0.377 e. The van der Waals surface area contributed by atoms with Crippen molar-refractivity contribution in [2.75, 3.05) is 31.1 Å². The van der Waals surface area contributed by atoms with Gasteiger partial charge in [-0.25, -0.2) is 0 Å². The van der Waals surface area contributed by atoms with Gasteiger partial charge in [0.2, 0.25) is 0 Å². The van der Waals surface area contributed by atoms with Crippen LogP contribution in [0.1, 0.15) is 18.5 Å². The number of aryl methyl sites for hydroxylation is 1. The molecule has 1 saturated heterocycles.